The van der Waals surface area contributed by atoms with Crippen molar-refractivity contribution in [2.45, 2.75) is 20.3 Å². The largest absolute Gasteiger partial charge is 0.341 e. The highest BCUT2D eigenvalue weighted by molar-refractivity contribution is 5.81. The Kier molecular flexibility index (Phi) is 4.94. The highest BCUT2D eigenvalue weighted by atomic mass is 16.1. The number of pyridine rings is 2. The van der Waals surface area contributed by atoms with E-state index in [4.69, 9.17) is 4.98 Å². The molecule has 0 bridgehead atoms. The third-order valence-corrected chi connectivity index (χ3v) is 4.60. The molecule has 0 aliphatic rings. The van der Waals surface area contributed by atoms with Gasteiger partial charge in [0.25, 0.3) is 0 Å². The van der Waals surface area contributed by atoms with Gasteiger partial charge in [0.05, 0.1) is 5.39 Å². The van der Waals surface area contributed by atoms with Crippen molar-refractivity contribution in [3.05, 3.63) is 94.8 Å². The summed E-state index contributed by atoms with van der Waals surface area (Å²) in [6.07, 6.45) is 0.870. The normalized spacial score (nSPS) is 11.1. The van der Waals surface area contributed by atoms with Gasteiger partial charge >= 0.3 is 0 Å². The Morgan fingerprint density at radius 2 is 1.61 bits per heavy atom. The molecule has 4 aromatic rings. The first kappa shape index (κ1) is 18.0. The fourth-order valence-corrected chi connectivity index (χ4v) is 3.36. The Bertz CT molecular complexity index is 1150. The van der Waals surface area contributed by atoms with E-state index in [1.807, 2.05) is 77.4 Å². The molecule has 0 spiro atoms. The average molecular weight is 369 g/mol. The molecule has 4 heteroatoms. The summed E-state index contributed by atoms with van der Waals surface area (Å²) >= 11 is 0. The molecule has 0 unspecified atom stereocenters. The summed E-state index contributed by atoms with van der Waals surface area (Å²) < 4.78 is 2.02. The molecule has 0 amide bonds. The summed E-state index contributed by atoms with van der Waals surface area (Å²) in [5.41, 5.74) is 3.51. The molecule has 2 heterocycles. The Labute approximate surface area is 164 Å². The van der Waals surface area contributed by atoms with Crippen molar-refractivity contribution in [1.82, 2.24) is 9.55 Å². The SMILES string of the molecule is CC(C)Cc1ccc2c(=O)cc(Nc3ccccc3)n(-c3ccccc3)c2n1. The third-order valence-electron chi connectivity index (χ3n) is 4.60. The van der Waals surface area contributed by atoms with Crippen molar-refractivity contribution < 1.29 is 0 Å². The first-order valence-corrected chi connectivity index (χ1v) is 9.55. The maximum absolute atomic E-state index is 12.8. The lowest BCUT2D eigenvalue weighted by Gasteiger charge is -2.18. The van der Waals surface area contributed by atoms with E-state index in [-0.39, 0.29) is 5.43 Å². The van der Waals surface area contributed by atoms with Crippen molar-refractivity contribution in [2.24, 2.45) is 5.92 Å². The number of hydrogen-bond acceptors (Lipinski definition) is 3. The molecule has 0 radical (unpaired) electrons. The number of benzene rings is 2. The molecule has 2 aromatic carbocycles. The quantitative estimate of drug-likeness (QED) is 0.517. The second-order valence-electron chi connectivity index (χ2n) is 7.33. The van der Waals surface area contributed by atoms with Crippen LogP contribution in [-0.2, 0) is 6.42 Å². The summed E-state index contributed by atoms with van der Waals surface area (Å²) in [5, 5.41) is 4.01. The Morgan fingerprint density at radius 3 is 2.29 bits per heavy atom. The van der Waals surface area contributed by atoms with Gasteiger partial charge in [-0.15, -0.1) is 0 Å². The van der Waals surface area contributed by atoms with Crippen molar-refractivity contribution >= 4 is 22.5 Å². The minimum Gasteiger partial charge on any atom is -0.341 e. The predicted octanol–water partition coefficient (Wildman–Crippen LogP) is 5.33. The molecule has 0 fully saturated rings. The number of fused-ring (bicyclic) bond motifs is 1. The van der Waals surface area contributed by atoms with Crippen LogP contribution in [-0.4, -0.2) is 9.55 Å². The molecule has 28 heavy (non-hydrogen) atoms. The summed E-state index contributed by atoms with van der Waals surface area (Å²) in [5.74, 6) is 1.19. The second kappa shape index (κ2) is 7.69. The van der Waals surface area contributed by atoms with Gasteiger partial charge in [0.15, 0.2) is 5.43 Å². The molecule has 1 N–H and O–H groups in total. The van der Waals surface area contributed by atoms with E-state index in [9.17, 15) is 4.79 Å². The van der Waals surface area contributed by atoms with Gasteiger partial charge in [0.1, 0.15) is 11.5 Å². The summed E-state index contributed by atoms with van der Waals surface area (Å²) in [6, 6.07) is 25.4. The van der Waals surface area contributed by atoms with Gasteiger partial charge in [0, 0.05) is 23.1 Å². The molecule has 4 nitrogen and oxygen atoms in total. The molecule has 0 aliphatic carbocycles. The van der Waals surface area contributed by atoms with E-state index in [0.29, 0.717) is 22.8 Å². The number of aromatic nitrogens is 2. The van der Waals surface area contributed by atoms with Gasteiger partial charge in [-0.1, -0.05) is 50.2 Å². The van der Waals surface area contributed by atoms with Crippen LogP contribution >= 0.6 is 0 Å². The third kappa shape index (κ3) is 3.67. The molecule has 2 aromatic heterocycles. The first-order chi connectivity index (χ1) is 13.6. The molecule has 0 aliphatic heterocycles. The van der Waals surface area contributed by atoms with Crippen LogP contribution in [0, 0.1) is 5.92 Å². The molecular weight excluding hydrogens is 346 g/mol. The van der Waals surface area contributed by atoms with E-state index in [0.717, 1.165) is 23.5 Å². The van der Waals surface area contributed by atoms with Crippen molar-refractivity contribution in [2.75, 3.05) is 5.32 Å². The minimum absolute atomic E-state index is 0.0378. The molecular formula is C24H23N3O. The predicted molar refractivity (Wildman–Crippen MR) is 116 cm³/mol. The molecule has 0 saturated carbocycles. The van der Waals surface area contributed by atoms with E-state index in [1.54, 1.807) is 6.07 Å². The number of rotatable bonds is 5. The Balaban J connectivity index is 1.98. The van der Waals surface area contributed by atoms with E-state index in [1.165, 1.54) is 0 Å². The zero-order valence-electron chi connectivity index (χ0n) is 16.1. The highest BCUT2D eigenvalue weighted by Crippen LogP contribution is 2.24. The van der Waals surface area contributed by atoms with Crippen LogP contribution in [0.5, 0.6) is 0 Å². The van der Waals surface area contributed by atoms with Gasteiger partial charge in [-0.25, -0.2) is 4.98 Å². The monoisotopic (exact) mass is 369 g/mol. The lowest BCUT2D eigenvalue weighted by atomic mass is 10.1. The number of hydrogen-bond donors (Lipinski definition) is 1. The topological polar surface area (TPSA) is 46.9 Å². The van der Waals surface area contributed by atoms with Gasteiger partial charge in [0.2, 0.25) is 0 Å². The zero-order valence-corrected chi connectivity index (χ0v) is 16.1. The maximum Gasteiger partial charge on any atom is 0.193 e. The van der Waals surface area contributed by atoms with Crippen LogP contribution < -0.4 is 10.7 Å². The maximum atomic E-state index is 12.8. The average Bonchev–Trinajstić information content (AvgIpc) is 2.69. The summed E-state index contributed by atoms with van der Waals surface area (Å²) in [4.78, 5) is 17.7. The lowest BCUT2D eigenvalue weighted by molar-refractivity contribution is 0.636. The minimum atomic E-state index is -0.0378. The fraction of sp³-hybridized carbons (Fsp3) is 0.167. The lowest BCUT2D eigenvalue weighted by Crippen LogP contribution is -2.14. The van der Waals surface area contributed by atoms with Gasteiger partial charge in [-0.05, 0) is 48.7 Å². The van der Waals surface area contributed by atoms with Crippen molar-refractivity contribution in [3.63, 3.8) is 0 Å². The number of para-hydroxylation sites is 2. The Hall–Kier alpha value is -3.40. The smallest absolute Gasteiger partial charge is 0.193 e. The highest BCUT2D eigenvalue weighted by Gasteiger charge is 2.13. The van der Waals surface area contributed by atoms with Crippen LogP contribution in [0.15, 0.2) is 83.7 Å². The van der Waals surface area contributed by atoms with Gasteiger partial charge < -0.3 is 5.32 Å². The van der Waals surface area contributed by atoms with Gasteiger partial charge in [-0.3, -0.25) is 9.36 Å². The number of nitrogens with one attached hydrogen (secondary N) is 1. The zero-order chi connectivity index (χ0) is 19.5. The van der Waals surface area contributed by atoms with E-state index >= 15 is 0 Å². The molecule has 0 atom stereocenters. The van der Waals surface area contributed by atoms with E-state index in [2.05, 4.69) is 19.2 Å². The first-order valence-electron chi connectivity index (χ1n) is 9.55. The molecule has 140 valence electrons. The Morgan fingerprint density at radius 1 is 0.929 bits per heavy atom. The summed E-state index contributed by atoms with van der Waals surface area (Å²) in [7, 11) is 0. The standard InChI is InChI=1S/C24H23N3O/c1-17(2)15-19-13-14-21-22(28)16-23(25-18-9-5-3-6-10-18)27(24(21)26-19)20-11-7-4-8-12-20/h3-14,16-17,25H,15H2,1-2H3. The van der Waals surface area contributed by atoms with Crippen LogP contribution in [0.3, 0.4) is 0 Å². The van der Waals surface area contributed by atoms with Crippen LogP contribution in [0.2, 0.25) is 0 Å². The van der Waals surface area contributed by atoms with Gasteiger partial charge in [-0.2, -0.15) is 0 Å². The van der Waals surface area contributed by atoms with Crippen molar-refractivity contribution in [3.8, 4) is 5.69 Å². The fourth-order valence-electron chi connectivity index (χ4n) is 3.36. The number of nitrogens with zero attached hydrogens (tertiary/aromatic N) is 2. The van der Waals surface area contributed by atoms with Crippen LogP contribution in [0.4, 0.5) is 11.5 Å². The van der Waals surface area contributed by atoms with E-state index < -0.39 is 0 Å². The van der Waals surface area contributed by atoms with Crippen LogP contribution in [0.1, 0.15) is 19.5 Å². The number of anilines is 2. The second-order valence-corrected chi connectivity index (χ2v) is 7.33. The molecule has 0 saturated heterocycles. The summed E-state index contributed by atoms with van der Waals surface area (Å²) in [6.45, 7) is 4.34. The van der Waals surface area contributed by atoms with Crippen molar-refractivity contribution in [1.29, 1.82) is 0 Å². The molecule has 4 rings (SSSR count). The van der Waals surface area contributed by atoms with Crippen LogP contribution in [0.25, 0.3) is 16.7 Å².